The molecule has 0 unspecified atom stereocenters. The second-order valence-electron chi connectivity index (χ2n) is 2.50. The molecule has 0 saturated carbocycles. The first-order chi connectivity index (χ1) is 5.68. The van der Waals surface area contributed by atoms with Crippen molar-refractivity contribution in [2.75, 3.05) is 6.67 Å². The van der Waals surface area contributed by atoms with E-state index in [9.17, 15) is 5.11 Å². The largest absolute Gasteiger partial charge is 0.493 e. The van der Waals surface area contributed by atoms with E-state index in [1.54, 1.807) is 6.92 Å². The Balaban J connectivity index is 2.39. The third-order valence-corrected chi connectivity index (χ3v) is 1.82. The van der Waals surface area contributed by atoms with Crippen molar-refractivity contribution in [3.05, 3.63) is 12.0 Å². The molecule has 0 aromatic heterocycles. The molecule has 0 fully saturated rings. The highest BCUT2D eigenvalue weighted by molar-refractivity contribution is 6.15. The van der Waals surface area contributed by atoms with Crippen LogP contribution in [0, 0.1) is 0 Å². The van der Waals surface area contributed by atoms with Crippen molar-refractivity contribution < 1.29 is 5.11 Å². The molecule has 0 aromatic carbocycles. The Kier molecular flexibility index (Phi) is 1.55. The minimum absolute atomic E-state index is 0.0498. The van der Waals surface area contributed by atoms with Crippen molar-refractivity contribution in [2.24, 2.45) is 9.98 Å². The molecule has 2 aliphatic rings. The predicted molar refractivity (Wildman–Crippen MR) is 45.7 cm³/mol. The number of hydrogen-bond donors (Lipinski definition) is 1. The number of guanidine groups is 1. The SMILES string of the molecule is CC1=NC2=NCN(Cl)N2C(O)=C1. The van der Waals surface area contributed by atoms with Gasteiger partial charge in [-0.2, -0.15) is 5.01 Å². The van der Waals surface area contributed by atoms with E-state index >= 15 is 0 Å². The van der Waals surface area contributed by atoms with Crippen molar-refractivity contribution in [1.29, 1.82) is 0 Å². The maximum Gasteiger partial charge on any atom is 0.245 e. The number of aliphatic hydroxyl groups is 1. The molecule has 1 N–H and O–H groups in total. The van der Waals surface area contributed by atoms with Gasteiger partial charge in [0.1, 0.15) is 6.67 Å². The summed E-state index contributed by atoms with van der Waals surface area (Å²) in [4.78, 5) is 8.06. The Bertz CT molecular complexity index is 309. The van der Waals surface area contributed by atoms with Gasteiger partial charge in [0.15, 0.2) is 0 Å². The van der Waals surface area contributed by atoms with Gasteiger partial charge in [-0.05, 0) is 6.92 Å². The van der Waals surface area contributed by atoms with Crippen LogP contribution in [-0.2, 0) is 0 Å². The molecule has 64 valence electrons. The zero-order chi connectivity index (χ0) is 8.72. The van der Waals surface area contributed by atoms with Gasteiger partial charge in [0.2, 0.25) is 11.8 Å². The second-order valence-corrected chi connectivity index (χ2v) is 2.89. The van der Waals surface area contributed by atoms with Crippen molar-refractivity contribution in [3.63, 3.8) is 0 Å². The maximum absolute atomic E-state index is 9.42. The molecule has 2 rings (SSSR count). The minimum Gasteiger partial charge on any atom is -0.493 e. The Morgan fingerprint density at radius 3 is 3.17 bits per heavy atom. The molecule has 12 heavy (non-hydrogen) atoms. The predicted octanol–water partition coefficient (Wildman–Crippen LogP) is 0.860. The fourth-order valence-electron chi connectivity index (χ4n) is 1.08. The minimum atomic E-state index is 0.0498. The molecule has 0 bridgehead atoms. The van der Waals surface area contributed by atoms with Gasteiger partial charge < -0.3 is 5.11 Å². The lowest BCUT2D eigenvalue weighted by Gasteiger charge is -2.23. The number of hydrogen-bond acceptors (Lipinski definition) is 5. The van der Waals surface area contributed by atoms with E-state index in [0.717, 1.165) is 5.71 Å². The monoisotopic (exact) mass is 186 g/mol. The number of aliphatic hydroxyl groups excluding tert-OH is 1. The summed E-state index contributed by atoms with van der Waals surface area (Å²) in [6, 6.07) is 0. The average Bonchev–Trinajstić information content (AvgIpc) is 2.31. The van der Waals surface area contributed by atoms with Gasteiger partial charge in [0.05, 0.1) is 0 Å². The first-order valence-electron chi connectivity index (χ1n) is 3.42. The second kappa shape index (κ2) is 2.46. The standard InChI is InChI=1S/C6H7ClN4O/c1-4-2-5(12)11-6(9-4)8-3-10(11)7/h2,12H,3H2,1H3. The van der Waals surface area contributed by atoms with Gasteiger partial charge >= 0.3 is 0 Å². The van der Waals surface area contributed by atoms with E-state index in [1.807, 2.05) is 0 Å². The molecule has 0 atom stereocenters. The Labute approximate surface area is 74.4 Å². The molecule has 0 amide bonds. The summed E-state index contributed by atoms with van der Waals surface area (Å²) in [6.07, 6.45) is 1.53. The first-order valence-corrected chi connectivity index (χ1v) is 3.76. The van der Waals surface area contributed by atoms with E-state index in [0.29, 0.717) is 12.6 Å². The van der Waals surface area contributed by atoms with Crippen LogP contribution in [0.3, 0.4) is 0 Å². The van der Waals surface area contributed by atoms with Crippen molar-refractivity contribution in [2.45, 2.75) is 6.92 Å². The third-order valence-electron chi connectivity index (χ3n) is 1.57. The lowest BCUT2D eigenvalue weighted by atomic mass is 10.3. The Morgan fingerprint density at radius 2 is 2.42 bits per heavy atom. The van der Waals surface area contributed by atoms with Crippen LogP contribution in [0.1, 0.15) is 6.92 Å². The van der Waals surface area contributed by atoms with Crippen LogP contribution < -0.4 is 0 Å². The lowest BCUT2D eigenvalue weighted by molar-refractivity contribution is 0.142. The molecule has 2 heterocycles. The van der Waals surface area contributed by atoms with E-state index in [-0.39, 0.29) is 5.88 Å². The number of aliphatic imine (C=N–C) groups is 2. The number of rotatable bonds is 0. The molecule has 0 spiro atoms. The van der Waals surface area contributed by atoms with Gasteiger partial charge in [0.25, 0.3) is 0 Å². The van der Waals surface area contributed by atoms with Gasteiger partial charge in [-0.1, -0.05) is 4.53 Å². The molecular weight excluding hydrogens is 180 g/mol. The molecule has 5 nitrogen and oxygen atoms in total. The number of hydrazine groups is 1. The smallest absolute Gasteiger partial charge is 0.245 e. The van der Waals surface area contributed by atoms with Crippen LogP contribution >= 0.6 is 11.8 Å². The van der Waals surface area contributed by atoms with Gasteiger partial charge in [-0.3, -0.25) is 0 Å². The molecular formula is C6H7ClN4O. The van der Waals surface area contributed by atoms with Crippen LogP contribution in [0.4, 0.5) is 0 Å². The van der Waals surface area contributed by atoms with Gasteiger partial charge in [-0.15, -0.1) is 0 Å². The number of fused-ring (bicyclic) bond motifs is 1. The quantitative estimate of drug-likeness (QED) is 0.571. The molecule has 6 heteroatoms. The third kappa shape index (κ3) is 0.981. The van der Waals surface area contributed by atoms with Crippen molar-refractivity contribution in [1.82, 2.24) is 9.54 Å². The van der Waals surface area contributed by atoms with Gasteiger partial charge in [-0.25, -0.2) is 9.98 Å². The van der Waals surface area contributed by atoms with Crippen molar-refractivity contribution in [3.8, 4) is 0 Å². The van der Waals surface area contributed by atoms with Crippen LogP contribution in [0.15, 0.2) is 21.9 Å². The summed E-state index contributed by atoms with van der Waals surface area (Å²) < 4.78 is 1.26. The van der Waals surface area contributed by atoms with Crippen molar-refractivity contribution >= 4 is 23.4 Å². The maximum atomic E-state index is 9.42. The zero-order valence-corrected chi connectivity index (χ0v) is 7.15. The fourth-order valence-corrected chi connectivity index (χ4v) is 1.28. The zero-order valence-electron chi connectivity index (χ0n) is 6.40. The summed E-state index contributed by atoms with van der Waals surface area (Å²) in [5.74, 6) is 0.483. The summed E-state index contributed by atoms with van der Waals surface area (Å²) in [7, 11) is 0. The normalized spacial score (nSPS) is 23.2. The van der Waals surface area contributed by atoms with Crippen LogP contribution in [0.25, 0.3) is 0 Å². The molecule has 0 aliphatic carbocycles. The summed E-state index contributed by atoms with van der Waals surface area (Å²) in [5.41, 5.74) is 0.717. The van der Waals surface area contributed by atoms with Crippen LogP contribution in [0.5, 0.6) is 0 Å². The van der Waals surface area contributed by atoms with Gasteiger partial charge in [0, 0.05) is 23.6 Å². The Hall–Kier alpha value is -1.07. The molecule has 0 saturated heterocycles. The average molecular weight is 187 g/mol. The van der Waals surface area contributed by atoms with E-state index in [4.69, 9.17) is 11.8 Å². The van der Waals surface area contributed by atoms with Crippen LogP contribution in [-0.4, -0.2) is 33.0 Å². The first kappa shape index (κ1) is 7.57. The summed E-state index contributed by atoms with van der Waals surface area (Å²) >= 11 is 5.70. The highest BCUT2D eigenvalue weighted by Gasteiger charge is 2.29. The number of nitrogens with zero attached hydrogens (tertiary/aromatic N) is 4. The number of halogens is 1. The van der Waals surface area contributed by atoms with E-state index in [2.05, 4.69) is 9.98 Å². The summed E-state index contributed by atoms with van der Waals surface area (Å²) in [6.45, 7) is 2.10. The lowest BCUT2D eigenvalue weighted by Crippen LogP contribution is -2.36. The summed E-state index contributed by atoms with van der Waals surface area (Å²) in [5, 5.41) is 10.8. The fraction of sp³-hybridized carbons (Fsp3) is 0.333. The molecule has 0 aromatic rings. The topological polar surface area (TPSA) is 51.4 Å². The highest BCUT2D eigenvalue weighted by Crippen LogP contribution is 2.20. The number of allylic oxidation sites excluding steroid dienone is 1. The van der Waals surface area contributed by atoms with Crippen LogP contribution in [0.2, 0.25) is 0 Å². The van der Waals surface area contributed by atoms with E-state index < -0.39 is 0 Å². The molecule has 0 radical (unpaired) electrons. The molecule has 2 aliphatic heterocycles. The van der Waals surface area contributed by atoms with E-state index in [1.165, 1.54) is 15.6 Å². The highest BCUT2D eigenvalue weighted by atomic mass is 35.5. The Morgan fingerprint density at radius 1 is 1.67 bits per heavy atom.